The maximum absolute atomic E-state index is 13.3. The average Bonchev–Trinajstić information content (AvgIpc) is 3.13. The van der Waals surface area contributed by atoms with Gasteiger partial charge in [-0.3, -0.25) is 4.79 Å². The van der Waals surface area contributed by atoms with Crippen LogP contribution in [0.3, 0.4) is 0 Å². The zero-order valence-electron chi connectivity index (χ0n) is 18.3. The molecule has 0 radical (unpaired) electrons. The molecule has 0 spiro atoms. The number of hydrogen-bond acceptors (Lipinski definition) is 3. The Balaban J connectivity index is 1.66. The Bertz CT molecular complexity index is 805. The minimum atomic E-state index is -0.257. The van der Waals surface area contributed by atoms with E-state index in [-0.39, 0.29) is 11.7 Å². The van der Waals surface area contributed by atoms with E-state index in [1.165, 1.54) is 12.1 Å². The Morgan fingerprint density at radius 2 is 1.80 bits per heavy atom. The van der Waals surface area contributed by atoms with Gasteiger partial charge in [0.2, 0.25) is 5.91 Å². The van der Waals surface area contributed by atoms with Gasteiger partial charge in [0, 0.05) is 19.1 Å². The number of halogens is 1. The molecule has 1 aliphatic heterocycles. The van der Waals surface area contributed by atoms with Gasteiger partial charge < -0.3 is 14.5 Å². The van der Waals surface area contributed by atoms with Crippen LogP contribution < -0.4 is 4.74 Å². The van der Waals surface area contributed by atoms with Gasteiger partial charge in [-0.2, -0.15) is 0 Å². The van der Waals surface area contributed by atoms with Gasteiger partial charge in [0.25, 0.3) is 0 Å². The molecular weight excluding hydrogens is 379 g/mol. The largest absolute Gasteiger partial charge is 0.493 e. The predicted octanol–water partition coefficient (Wildman–Crippen LogP) is 4.53. The summed E-state index contributed by atoms with van der Waals surface area (Å²) in [5.74, 6) is 1.14. The first-order valence-electron chi connectivity index (χ1n) is 10.8. The molecule has 0 N–H and O–H groups in total. The lowest BCUT2D eigenvalue weighted by Gasteiger charge is -2.29. The molecule has 1 fully saturated rings. The van der Waals surface area contributed by atoms with E-state index in [9.17, 15) is 9.18 Å². The van der Waals surface area contributed by atoms with Gasteiger partial charge in [0.15, 0.2) is 0 Å². The molecule has 1 heterocycles. The third-order valence-electron chi connectivity index (χ3n) is 5.60. The van der Waals surface area contributed by atoms with Crippen LogP contribution in [0.5, 0.6) is 5.75 Å². The lowest BCUT2D eigenvalue weighted by atomic mass is 10.1. The van der Waals surface area contributed by atoms with Crippen molar-refractivity contribution >= 4 is 5.91 Å². The Kier molecular flexibility index (Phi) is 7.86. The van der Waals surface area contributed by atoms with E-state index >= 15 is 0 Å². The van der Waals surface area contributed by atoms with Crippen molar-refractivity contribution < 1.29 is 13.9 Å². The lowest BCUT2D eigenvalue weighted by molar-refractivity contribution is -0.131. The maximum Gasteiger partial charge on any atom is 0.227 e. The van der Waals surface area contributed by atoms with Crippen LogP contribution in [0.1, 0.15) is 37.8 Å². The van der Waals surface area contributed by atoms with E-state index in [4.69, 9.17) is 4.74 Å². The number of likely N-dealkylation sites (tertiary alicyclic amines) is 1. The summed E-state index contributed by atoms with van der Waals surface area (Å²) in [4.78, 5) is 17.4. The first kappa shape index (κ1) is 22.3. The van der Waals surface area contributed by atoms with Crippen LogP contribution in [0, 0.1) is 11.7 Å². The summed E-state index contributed by atoms with van der Waals surface area (Å²) >= 11 is 0. The van der Waals surface area contributed by atoms with Gasteiger partial charge in [-0.15, -0.1) is 0 Å². The van der Waals surface area contributed by atoms with E-state index in [1.54, 1.807) is 12.1 Å². The molecule has 5 heteroatoms. The molecule has 3 rings (SSSR count). The van der Waals surface area contributed by atoms with Crippen molar-refractivity contribution in [2.75, 3.05) is 26.7 Å². The number of nitrogens with zero attached hydrogens (tertiary/aromatic N) is 2. The van der Waals surface area contributed by atoms with Crippen LogP contribution in [-0.2, 0) is 17.8 Å². The highest BCUT2D eigenvalue weighted by atomic mass is 19.1. The normalized spacial score (nSPS) is 16.8. The fraction of sp³-hybridized carbons (Fsp3) is 0.480. The van der Waals surface area contributed by atoms with Crippen molar-refractivity contribution in [3.8, 4) is 5.75 Å². The summed E-state index contributed by atoms with van der Waals surface area (Å²) in [6, 6.07) is 14.6. The first-order chi connectivity index (χ1) is 14.4. The summed E-state index contributed by atoms with van der Waals surface area (Å²) in [6.07, 6.45) is 2.62. The number of likely N-dealkylation sites (N-methyl/N-ethyl adjacent to an activating group) is 1. The highest BCUT2D eigenvalue weighted by molar-refractivity contribution is 5.79. The predicted molar refractivity (Wildman–Crippen MR) is 118 cm³/mol. The standard InChI is InChI=1S/C25H33FN2O2/c1-19(2)18-30-24-12-8-20(9-13-24)15-25(29)28(17-23-5-4-14-27(23)3)16-21-6-10-22(26)11-7-21/h6-13,19,23H,4-5,14-18H2,1-3H3. The minimum absolute atomic E-state index is 0.0930. The molecular formula is C25H33FN2O2. The third-order valence-corrected chi connectivity index (χ3v) is 5.60. The summed E-state index contributed by atoms with van der Waals surface area (Å²) < 4.78 is 19.0. The van der Waals surface area contributed by atoms with E-state index in [1.807, 2.05) is 29.2 Å². The molecule has 0 bridgehead atoms. The van der Waals surface area contributed by atoms with Crippen molar-refractivity contribution in [1.82, 2.24) is 9.80 Å². The molecule has 0 aliphatic carbocycles. The summed E-state index contributed by atoms with van der Waals surface area (Å²) in [7, 11) is 2.12. The Morgan fingerprint density at radius 3 is 2.40 bits per heavy atom. The number of rotatable bonds is 9. The molecule has 1 atom stereocenters. The Morgan fingerprint density at radius 1 is 1.13 bits per heavy atom. The highest BCUT2D eigenvalue weighted by Crippen LogP contribution is 2.19. The maximum atomic E-state index is 13.3. The first-order valence-corrected chi connectivity index (χ1v) is 10.8. The fourth-order valence-electron chi connectivity index (χ4n) is 3.78. The van der Waals surface area contributed by atoms with Crippen molar-refractivity contribution in [3.05, 3.63) is 65.5 Å². The number of amides is 1. The number of benzene rings is 2. The smallest absolute Gasteiger partial charge is 0.227 e. The number of carbonyl (C=O) groups is 1. The second-order valence-corrected chi connectivity index (χ2v) is 8.70. The van der Waals surface area contributed by atoms with Crippen LogP contribution in [0.15, 0.2) is 48.5 Å². The summed E-state index contributed by atoms with van der Waals surface area (Å²) in [6.45, 7) is 7.18. The molecule has 0 saturated carbocycles. The van der Waals surface area contributed by atoms with Crippen molar-refractivity contribution in [1.29, 1.82) is 0 Å². The summed E-state index contributed by atoms with van der Waals surface area (Å²) in [5, 5.41) is 0. The number of ether oxygens (including phenoxy) is 1. The summed E-state index contributed by atoms with van der Waals surface area (Å²) in [5.41, 5.74) is 1.92. The van der Waals surface area contributed by atoms with Crippen LogP contribution in [0.2, 0.25) is 0 Å². The molecule has 1 saturated heterocycles. The van der Waals surface area contributed by atoms with Crippen LogP contribution in [0.4, 0.5) is 4.39 Å². The van der Waals surface area contributed by atoms with Gasteiger partial charge in [-0.05, 0) is 67.7 Å². The van der Waals surface area contributed by atoms with Crippen molar-refractivity contribution in [3.63, 3.8) is 0 Å². The molecule has 162 valence electrons. The quantitative estimate of drug-likeness (QED) is 0.607. The van der Waals surface area contributed by atoms with Gasteiger partial charge in [0.1, 0.15) is 11.6 Å². The van der Waals surface area contributed by atoms with Crippen LogP contribution >= 0.6 is 0 Å². The molecule has 30 heavy (non-hydrogen) atoms. The topological polar surface area (TPSA) is 32.8 Å². The molecule has 4 nitrogen and oxygen atoms in total. The van der Waals surface area contributed by atoms with Crippen LogP contribution in [-0.4, -0.2) is 48.5 Å². The molecule has 1 amide bonds. The average molecular weight is 413 g/mol. The highest BCUT2D eigenvalue weighted by Gasteiger charge is 2.26. The number of carbonyl (C=O) groups excluding carboxylic acids is 1. The molecule has 0 aromatic heterocycles. The van der Waals surface area contributed by atoms with E-state index < -0.39 is 0 Å². The van der Waals surface area contributed by atoms with Gasteiger partial charge in [-0.25, -0.2) is 4.39 Å². The minimum Gasteiger partial charge on any atom is -0.493 e. The third kappa shape index (κ3) is 6.56. The van der Waals surface area contributed by atoms with Gasteiger partial charge >= 0.3 is 0 Å². The van der Waals surface area contributed by atoms with E-state index in [0.717, 1.165) is 36.3 Å². The number of hydrogen-bond donors (Lipinski definition) is 0. The second-order valence-electron chi connectivity index (χ2n) is 8.70. The van der Waals surface area contributed by atoms with E-state index in [0.29, 0.717) is 38.1 Å². The Hall–Kier alpha value is -2.40. The lowest BCUT2D eigenvalue weighted by Crippen LogP contribution is -2.42. The second kappa shape index (κ2) is 10.6. The van der Waals surface area contributed by atoms with E-state index in [2.05, 4.69) is 25.8 Å². The van der Waals surface area contributed by atoms with Crippen molar-refractivity contribution in [2.45, 2.75) is 45.7 Å². The molecule has 2 aromatic carbocycles. The molecule has 2 aromatic rings. The fourth-order valence-corrected chi connectivity index (χ4v) is 3.78. The Labute approximate surface area is 179 Å². The SMILES string of the molecule is CC(C)COc1ccc(CC(=O)N(Cc2ccc(F)cc2)CC2CCCN2C)cc1. The van der Waals surface area contributed by atoms with Gasteiger partial charge in [0.05, 0.1) is 13.0 Å². The zero-order chi connectivity index (χ0) is 21.5. The van der Waals surface area contributed by atoms with Crippen molar-refractivity contribution in [2.24, 2.45) is 5.92 Å². The zero-order valence-corrected chi connectivity index (χ0v) is 18.3. The molecule has 1 unspecified atom stereocenters. The monoisotopic (exact) mass is 412 g/mol. The van der Waals surface area contributed by atoms with Crippen LogP contribution in [0.25, 0.3) is 0 Å². The van der Waals surface area contributed by atoms with Gasteiger partial charge in [-0.1, -0.05) is 38.1 Å². The molecule has 1 aliphatic rings.